The summed E-state index contributed by atoms with van der Waals surface area (Å²) < 4.78 is 0. The Bertz CT molecular complexity index is 116. The van der Waals surface area contributed by atoms with E-state index in [0.29, 0.717) is 0 Å². The van der Waals surface area contributed by atoms with E-state index in [1.807, 2.05) is 22.9 Å². The fourth-order valence-electron chi connectivity index (χ4n) is 0.667. The standard InChI is InChI=1S/C4H8S2.C4H4S/c1-2-5-4-6-3-1;1-2-4-5-3-1/h1-4H2;1-4H. The predicted molar refractivity (Wildman–Crippen MR) is 58.7 cm³/mol. The molecule has 0 aromatic carbocycles. The smallest absolute Gasteiger partial charge is 0.0392 e. The Morgan fingerprint density at radius 2 is 1.55 bits per heavy atom. The molecule has 11 heavy (non-hydrogen) atoms. The number of thioether (sulfide) groups is 2. The molecular weight excluding hydrogens is 192 g/mol. The van der Waals surface area contributed by atoms with Gasteiger partial charge in [0.25, 0.3) is 0 Å². The highest BCUT2D eigenvalue weighted by molar-refractivity contribution is 8.16. The molecule has 1 aromatic rings. The van der Waals surface area contributed by atoms with Crippen LogP contribution in [0.4, 0.5) is 0 Å². The van der Waals surface area contributed by atoms with Gasteiger partial charge in [-0.3, -0.25) is 0 Å². The zero-order valence-electron chi connectivity index (χ0n) is 6.36. The average molecular weight is 204 g/mol. The van der Waals surface area contributed by atoms with Gasteiger partial charge in [0.1, 0.15) is 0 Å². The number of hydrogen-bond donors (Lipinski definition) is 0. The van der Waals surface area contributed by atoms with Crippen molar-refractivity contribution in [3.63, 3.8) is 0 Å². The minimum absolute atomic E-state index is 1.33. The maximum Gasteiger partial charge on any atom is 0.0392 e. The van der Waals surface area contributed by atoms with Gasteiger partial charge in [0.05, 0.1) is 0 Å². The summed E-state index contributed by atoms with van der Waals surface area (Å²) in [5.41, 5.74) is 0. The van der Waals surface area contributed by atoms with E-state index in [1.165, 1.54) is 23.0 Å². The molecule has 0 N–H and O–H groups in total. The molecule has 0 atom stereocenters. The predicted octanol–water partition coefficient (Wildman–Crippen LogP) is 3.56. The van der Waals surface area contributed by atoms with Crippen molar-refractivity contribution in [2.45, 2.75) is 6.42 Å². The van der Waals surface area contributed by atoms with Gasteiger partial charge in [-0.1, -0.05) is 12.1 Å². The molecule has 3 heteroatoms. The van der Waals surface area contributed by atoms with Gasteiger partial charge >= 0.3 is 0 Å². The third kappa shape index (κ3) is 5.65. The molecule has 1 aromatic heterocycles. The first-order valence-corrected chi connectivity index (χ1v) is 6.88. The second kappa shape index (κ2) is 7.07. The third-order valence-corrected chi connectivity index (χ3v) is 4.29. The zero-order valence-corrected chi connectivity index (χ0v) is 8.81. The molecule has 62 valence electrons. The topological polar surface area (TPSA) is 0 Å². The van der Waals surface area contributed by atoms with E-state index in [1.54, 1.807) is 11.3 Å². The van der Waals surface area contributed by atoms with Crippen molar-refractivity contribution in [2.75, 3.05) is 16.6 Å². The second-order valence-corrected chi connectivity index (χ2v) is 5.47. The van der Waals surface area contributed by atoms with Crippen LogP contribution in [-0.2, 0) is 0 Å². The van der Waals surface area contributed by atoms with E-state index in [-0.39, 0.29) is 0 Å². The molecule has 1 aliphatic rings. The molecule has 0 amide bonds. The van der Waals surface area contributed by atoms with E-state index in [0.717, 1.165) is 0 Å². The van der Waals surface area contributed by atoms with E-state index in [9.17, 15) is 0 Å². The van der Waals surface area contributed by atoms with Crippen molar-refractivity contribution < 1.29 is 0 Å². The number of rotatable bonds is 0. The van der Waals surface area contributed by atoms with Crippen molar-refractivity contribution >= 4 is 34.9 Å². The average Bonchev–Trinajstić information content (AvgIpc) is 2.64. The summed E-state index contributed by atoms with van der Waals surface area (Å²) in [5, 5.41) is 5.42. The highest BCUT2D eigenvalue weighted by Crippen LogP contribution is 2.19. The van der Waals surface area contributed by atoms with Gasteiger partial charge in [-0.25, -0.2) is 0 Å². The molecule has 0 aliphatic carbocycles. The van der Waals surface area contributed by atoms with Crippen LogP contribution in [0, 0.1) is 0 Å². The van der Waals surface area contributed by atoms with E-state index in [2.05, 4.69) is 23.5 Å². The first kappa shape index (κ1) is 9.49. The Kier molecular flexibility index (Phi) is 6.10. The van der Waals surface area contributed by atoms with Crippen LogP contribution in [0.15, 0.2) is 22.9 Å². The molecule has 1 fully saturated rings. The third-order valence-electron chi connectivity index (χ3n) is 1.17. The van der Waals surface area contributed by atoms with Crippen LogP contribution in [0.1, 0.15) is 6.42 Å². The van der Waals surface area contributed by atoms with E-state index in [4.69, 9.17) is 0 Å². The van der Waals surface area contributed by atoms with Gasteiger partial charge in [-0.05, 0) is 28.7 Å². The summed E-state index contributed by atoms with van der Waals surface area (Å²) >= 11 is 5.83. The minimum atomic E-state index is 1.33. The largest absolute Gasteiger partial charge is 0.152 e. The molecule has 0 radical (unpaired) electrons. The minimum Gasteiger partial charge on any atom is -0.152 e. The summed E-state index contributed by atoms with van der Waals surface area (Å²) in [6.07, 6.45) is 1.43. The van der Waals surface area contributed by atoms with Crippen LogP contribution in [0.3, 0.4) is 0 Å². The molecule has 0 unspecified atom stereocenters. The van der Waals surface area contributed by atoms with E-state index < -0.39 is 0 Å². The maximum atomic E-state index is 2.06. The Morgan fingerprint density at radius 3 is 1.73 bits per heavy atom. The molecule has 0 saturated carbocycles. The number of hydrogen-bond acceptors (Lipinski definition) is 3. The Morgan fingerprint density at radius 1 is 0.909 bits per heavy atom. The Labute approximate surface area is 80.8 Å². The SMILES string of the molecule is C1CSCSC1.c1ccsc1. The summed E-state index contributed by atoms with van der Waals surface area (Å²) in [6.45, 7) is 0. The monoisotopic (exact) mass is 204 g/mol. The van der Waals surface area contributed by atoms with Crippen LogP contribution in [-0.4, -0.2) is 16.6 Å². The van der Waals surface area contributed by atoms with Crippen LogP contribution in [0.5, 0.6) is 0 Å². The zero-order chi connectivity index (χ0) is 7.78. The van der Waals surface area contributed by atoms with E-state index >= 15 is 0 Å². The lowest BCUT2D eigenvalue weighted by molar-refractivity contribution is 1.12. The highest BCUT2D eigenvalue weighted by atomic mass is 32.2. The van der Waals surface area contributed by atoms with Crippen LogP contribution >= 0.6 is 34.9 Å². The molecule has 2 heterocycles. The lowest BCUT2D eigenvalue weighted by Gasteiger charge is -2.05. The maximum absolute atomic E-state index is 2.06. The van der Waals surface area contributed by atoms with Gasteiger partial charge in [0.15, 0.2) is 0 Å². The van der Waals surface area contributed by atoms with Gasteiger partial charge in [-0.15, -0.1) is 0 Å². The molecular formula is C8H12S3. The van der Waals surface area contributed by atoms with Crippen LogP contribution in [0.25, 0.3) is 0 Å². The van der Waals surface area contributed by atoms with Crippen molar-refractivity contribution in [1.29, 1.82) is 0 Å². The second-order valence-electron chi connectivity index (χ2n) is 2.08. The normalized spacial score (nSPS) is 16.7. The van der Waals surface area contributed by atoms with Crippen LogP contribution in [0.2, 0.25) is 0 Å². The number of thiophene rings is 1. The summed E-state index contributed by atoms with van der Waals surface area (Å²) in [7, 11) is 0. The lowest BCUT2D eigenvalue weighted by Crippen LogP contribution is -1.90. The quantitative estimate of drug-likeness (QED) is 0.634. The highest BCUT2D eigenvalue weighted by Gasteiger charge is 1.95. The summed E-state index contributed by atoms with van der Waals surface area (Å²) in [6, 6.07) is 4.04. The molecule has 0 nitrogen and oxygen atoms in total. The van der Waals surface area contributed by atoms with Gasteiger partial charge in [-0.2, -0.15) is 34.9 Å². The fraction of sp³-hybridized carbons (Fsp3) is 0.500. The molecule has 0 spiro atoms. The molecule has 1 saturated heterocycles. The molecule has 2 rings (SSSR count). The van der Waals surface area contributed by atoms with Gasteiger partial charge < -0.3 is 0 Å². The first-order chi connectivity index (χ1) is 5.50. The lowest BCUT2D eigenvalue weighted by atomic mass is 10.6. The van der Waals surface area contributed by atoms with Gasteiger partial charge in [0, 0.05) is 5.08 Å². The Hall–Kier alpha value is 0.400. The van der Waals surface area contributed by atoms with Crippen molar-refractivity contribution in [3.8, 4) is 0 Å². The van der Waals surface area contributed by atoms with Crippen molar-refractivity contribution in [1.82, 2.24) is 0 Å². The summed E-state index contributed by atoms with van der Waals surface area (Å²) in [5.74, 6) is 2.79. The molecule has 0 bridgehead atoms. The fourth-order valence-corrected chi connectivity index (χ4v) is 3.41. The molecule has 1 aliphatic heterocycles. The Balaban J connectivity index is 0.000000112. The van der Waals surface area contributed by atoms with Crippen LogP contribution < -0.4 is 0 Å². The van der Waals surface area contributed by atoms with Gasteiger partial charge in [0.2, 0.25) is 0 Å². The first-order valence-electron chi connectivity index (χ1n) is 3.63. The van der Waals surface area contributed by atoms with Crippen molar-refractivity contribution in [3.05, 3.63) is 22.9 Å². The summed E-state index contributed by atoms with van der Waals surface area (Å²) in [4.78, 5) is 0. The van der Waals surface area contributed by atoms with Crippen molar-refractivity contribution in [2.24, 2.45) is 0 Å².